The van der Waals surface area contributed by atoms with Crippen molar-refractivity contribution in [1.29, 1.82) is 0 Å². The summed E-state index contributed by atoms with van der Waals surface area (Å²) in [5.41, 5.74) is 1.12. The minimum Gasteiger partial charge on any atom is -0.343 e. The monoisotopic (exact) mass is 207 g/mol. The molecule has 0 aliphatic heterocycles. The lowest BCUT2D eigenvalue weighted by atomic mass is 10.3. The van der Waals surface area contributed by atoms with Gasteiger partial charge in [0, 0.05) is 32.4 Å². The van der Waals surface area contributed by atoms with Crippen molar-refractivity contribution in [3.63, 3.8) is 0 Å². The molecule has 4 heteroatoms. The van der Waals surface area contributed by atoms with Gasteiger partial charge in [0.25, 0.3) is 0 Å². The molecule has 0 saturated carbocycles. The Morgan fingerprint density at radius 1 is 1.40 bits per heavy atom. The molecule has 0 radical (unpaired) electrons. The molecule has 1 rings (SSSR count). The molecule has 0 saturated heterocycles. The Labute approximate surface area is 90.3 Å². The van der Waals surface area contributed by atoms with Crippen molar-refractivity contribution in [2.75, 3.05) is 18.5 Å². The van der Waals surface area contributed by atoms with E-state index >= 15 is 0 Å². The van der Waals surface area contributed by atoms with Gasteiger partial charge in [-0.05, 0) is 18.9 Å². The molecule has 0 N–H and O–H groups in total. The summed E-state index contributed by atoms with van der Waals surface area (Å²) in [7, 11) is 1.89. The van der Waals surface area contributed by atoms with Crippen LogP contribution in [0.2, 0.25) is 0 Å². The highest BCUT2D eigenvalue weighted by atomic mass is 16.1. The van der Waals surface area contributed by atoms with E-state index < -0.39 is 0 Å². The SMILES string of the molecule is CCc1cnc(N(C)CCC(C)=O)nc1. The first-order chi connectivity index (χ1) is 7.13. The van der Waals surface area contributed by atoms with Gasteiger partial charge in [0.2, 0.25) is 5.95 Å². The molecule has 1 heterocycles. The quantitative estimate of drug-likeness (QED) is 0.733. The molecule has 82 valence electrons. The summed E-state index contributed by atoms with van der Waals surface area (Å²) >= 11 is 0. The first kappa shape index (κ1) is 11.6. The van der Waals surface area contributed by atoms with Gasteiger partial charge in [-0.2, -0.15) is 0 Å². The highest BCUT2D eigenvalue weighted by Gasteiger charge is 2.04. The Hall–Kier alpha value is -1.45. The summed E-state index contributed by atoms with van der Waals surface area (Å²) in [5.74, 6) is 0.862. The number of carbonyl (C=O) groups is 1. The maximum absolute atomic E-state index is 10.8. The van der Waals surface area contributed by atoms with Gasteiger partial charge >= 0.3 is 0 Å². The number of nitrogens with zero attached hydrogens (tertiary/aromatic N) is 3. The molecule has 0 fully saturated rings. The number of anilines is 1. The van der Waals surface area contributed by atoms with Crippen molar-refractivity contribution >= 4 is 11.7 Å². The average Bonchev–Trinajstić information content (AvgIpc) is 2.26. The van der Waals surface area contributed by atoms with Gasteiger partial charge in [0.1, 0.15) is 5.78 Å². The van der Waals surface area contributed by atoms with E-state index in [1.807, 2.05) is 24.3 Å². The van der Waals surface area contributed by atoms with Crippen LogP contribution in [0.1, 0.15) is 25.8 Å². The topological polar surface area (TPSA) is 46.1 Å². The number of rotatable bonds is 5. The molecule has 1 aromatic rings. The van der Waals surface area contributed by atoms with E-state index in [0.717, 1.165) is 12.0 Å². The zero-order valence-electron chi connectivity index (χ0n) is 9.53. The van der Waals surface area contributed by atoms with E-state index in [1.165, 1.54) is 0 Å². The second-order valence-corrected chi connectivity index (χ2v) is 3.62. The summed E-state index contributed by atoms with van der Waals surface area (Å²) in [5, 5.41) is 0. The third-order valence-electron chi connectivity index (χ3n) is 2.24. The molecule has 1 aromatic heterocycles. The number of ketones is 1. The lowest BCUT2D eigenvalue weighted by molar-refractivity contribution is -0.116. The lowest BCUT2D eigenvalue weighted by Gasteiger charge is -2.15. The van der Waals surface area contributed by atoms with E-state index in [4.69, 9.17) is 0 Å². The molecule has 0 amide bonds. The van der Waals surface area contributed by atoms with Gasteiger partial charge in [0.05, 0.1) is 0 Å². The number of Topliss-reactive ketones (excluding diaryl/α,β-unsaturated/α-hetero) is 1. The Morgan fingerprint density at radius 3 is 2.47 bits per heavy atom. The minimum atomic E-state index is 0.187. The van der Waals surface area contributed by atoms with Crippen molar-refractivity contribution in [2.45, 2.75) is 26.7 Å². The van der Waals surface area contributed by atoms with Crippen molar-refractivity contribution < 1.29 is 4.79 Å². The number of aryl methyl sites for hydroxylation is 1. The van der Waals surface area contributed by atoms with Gasteiger partial charge in [-0.1, -0.05) is 6.92 Å². The molecular formula is C11H17N3O. The second kappa shape index (κ2) is 5.44. The maximum Gasteiger partial charge on any atom is 0.225 e. The summed E-state index contributed by atoms with van der Waals surface area (Å²) < 4.78 is 0. The molecule has 4 nitrogen and oxygen atoms in total. The van der Waals surface area contributed by atoms with Crippen LogP contribution in [0.4, 0.5) is 5.95 Å². The van der Waals surface area contributed by atoms with Crippen LogP contribution in [0.5, 0.6) is 0 Å². The molecule has 15 heavy (non-hydrogen) atoms. The van der Waals surface area contributed by atoms with Gasteiger partial charge in [-0.25, -0.2) is 9.97 Å². The zero-order chi connectivity index (χ0) is 11.3. The van der Waals surface area contributed by atoms with Crippen molar-refractivity contribution in [3.05, 3.63) is 18.0 Å². The maximum atomic E-state index is 10.8. The summed E-state index contributed by atoms with van der Waals surface area (Å²) in [6, 6.07) is 0. The predicted molar refractivity (Wildman–Crippen MR) is 60.0 cm³/mol. The van der Waals surface area contributed by atoms with Crippen molar-refractivity contribution in [3.8, 4) is 0 Å². The highest BCUT2D eigenvalue weighted by Crippen LogP contribution is 2.05. The predicted octanol–water partition coefficient (Wildman–Crippen LogP) is 1.45. The van der Waals surface area contributed by atoms with Crippen LogP contribution in [-0.2, 0) is 11.2 Å². The molecule has 0 aromatic carbocycles. The van der Waals surface area contributed by atoms with Crippen LogP contribution in [-0.4, -0.2) is 29.3 Å². The number of hydrogen-bond acceptors (Lipinski definition) is 4. The second-order valence-electron chi connectivity index (χ2n) is 3.62. The average molecular weight is 207 g/mol. The molecule has 0 atom stereocenters. The Bertz CT molecular complexity index is 321. The number of carbonyl (C=O) groups excluding carboxylic acids is 1. The van der Waals surface area contributed by atoms with Crippen molar-refractivity contribution in [1.82, 2.24) is 9.97 Å². The summed E-state index contributed by atoms with van der Waals surface area (Å²) in [6.45, 7) is 4.33. The normalized spacial score (nSPS) is 10.1. The molecular weight excluding hydrogens is 190 g/mol. The van der Waals surface area contributed by atoms with Crippen LogP contribution >= 0.6 is 0 Å². The largest absolute Gasteiger partial charge is 0.343 e. The minimum absolute atomic E-state index is 0.187. The van der Waals surface area contributed by atoms with E-state index in [-0.39, 0.29) is 5.78 Å². The first-order valence-corrected chi connectivity index (χ1v) is 5.15. The fraction of sp³-hybridized carbons (Fsp3) is 0.545. The fourth-order valence-electron chi connectivity index (χ4n) is 1.15. The van der Waals surface area contributed by atoms with Gasteiger partial charge < -0.3 is 4.90 Å². The van der Waals surface area contributed by atoms with Crippen LogP contribution in [0.25, 0.3) is 0 Å². The molecule has 0 bridgehead atoms. The Balaban J connectivity index is 2.57. The van der Waals surface area contributed by atoms with E-state index in [9.17, 15) is 4.79 Å². The van der Waals surface area contributed by atoms with E-state index in [2.05, 4.69) is 16.9 Å². The van der Waals surface area contributed by atoms with Crippen LogP contribution in [0.15, 0.2) is 12.4 Å². The van der Waals surface area contributed by atoms with Crippen LogP contribution < -0.4 is 4.90 Å². The molecule has 0 spiro atoms. The van der Waals surface area contributed by atoms with Gasteiger partial charge in [-0.3, -0.25) is 4.79 Å². The Kier molecular flexibility index (Phi) is 4.21. The molecule has 0 aliphatic carbocycles. The molecule has 0 unspecified atom stereocenters. The van der Waals surface area contributed by atoms with Gasteiger partial charge in [-0.15, -0.1) is 0 Å². The third kappa shape index (κ3) is 3.65. The van der Waals surface area contributed by atoms with Crippen molar-refractivity contribution in [2.24, 2.45) is 0 Å². The molecule has 0 aliphatic rings. The highest BCUT2D eigenvalue weighted by molar-refractivity contribution is 5.75. The number of aromatic nitrogens is 2. The Morgan fingerprint density at radius 2 is 2.00 bits per heavy atom. The smallest absolute Gasteiger partial charge is 0.225 e. The standard InChI is InChI=1S/C11H17N3O/c1-4-10-7-12-11(13-8-10)14(3)6-5-9(2)15/h7-8H,4-6H2,1-3H3. The first-order valence-electron chi connectivity index (χ1n) is 5.15. The van der Waals surface area contributed by atoms with E-state index in [1.54, 1.807) is 6.92 Å². The van der Waals surface area contributed by atoms with Gasteiger partial charge in [0.15, 0.2) is 0 Å². The lowest BCUT2D eigenvalue weighted by Crippen LogP contribution is -2.22. The van der Waals surface area contributed by atoms with Crippen LogP contribution in [0, 0.1) is 0 Å². The van der Waals surface area contributed by atoms with Crippen LogP contribution in [0.3, 0.4) is 0 Å². The number of hydrogen-bond donors (Lipinski definition) is 0. The summed E-state index contributed by atoms with van der Waals surface area (Å²) in [6.07, 6.45) is 5.13. The van der Waals surface area contributed by atoms with E-state index in [0.29, 0.717) is 18.9 Å². The third-order valence-corrected chi connectivity index (χ3v) is 2.24. The summed E-state index contributed by atoms with van der Waals surface area (Å²) in [4.78, 5) is 21.2. The fourth-order valence-corrected chi connectivity index (χ4v) is 1.15. The zero-order valence-corrected chi connectivity index (χ0v) is 9.53.